The van der Waals surface area contributed by atoms with Crippen molar-refractivity contribution in [3.05, 3.63) is 35.6 Å². The molecule has 1 aromatic carbocycles. The van der Waals surface area contributed by atoms with Crippen molar-refractivity contribution in [3.8, 4) is 0 Å². The highest BCUT2D eigenvalue weighted by Gasteiger charge is 2.25. The van der Waals surface area contributed by atoms with Crippen LogP contribution in [0.2, 0.25) is 0 Å². The number of carbonyl (C=O) groups excluding carboxylic acids is 3. The van der Waals surface area contributed by atoms with Crippen LogP contribution in [0, 0.1) is 11.7 Å². The largest absolute Gasteiger partial charge is 0.356 e. The fourth-order valence-corrected chi connectivity index (χ4v) is 4.09. The molecule has 2 heterocycles. The van der Waals surface area contributed by atoms with Crippen LogP contribution in [0.5, 0.6) is 0 Å². The van der Waals surface area contributed by atoms with Gasteiger partial charge in [-0.2, -0.15) is 0 Å². The minimum absolute atomic E-state index is 0.0441. The number of nitrogens with zero attached hydrogens (tertiary/aromatic N) is 2. The smallest absolute Gasteiger partial charge is 0.256 e. The third-order valence-electron chi connectivity index (χ3n) is 5.88. The second-order valence-electron chi connectivity index (χ2n) is 7.94. The van der Waals surface area contributed by atoms with Gasteiger partial charge >= 0.3 is 0 Å². The molecule has 158 valence electrons. The molecule has 0 aliphatic carbocycles. The Morgan fingerprint density at radius 2 is 1.90 bits per heavy atom. The van der Waals surface area contributed by atoms with Crippen LogP contribution in [0.3, 0.4) is 0 Å². The SMILES string of the molecule is O=C(CCC1CCN(C(=O)c2ccccc2F)CC1)NCCCN1CCCC1=O. The van der Waals surface area contributed by atoms with Crippen molar-refractivity contribution in [1.82, 2.24) is 15.1 Å². The predicted molar refractivity (Wildman–Crippen MR) is 108 cm³/mol. The van der Waals surface area contributed by atoms with Crippen molar-refractivity contribution in [2.45, 2.75) is 44.9 Å². The van der Waals surface area contributed by atoms with Crippen LogP contribution in [-0.4, -0.2) is 60.2 Å². The molecule has 3 amide bonds. The first-order valence-corrected chi connectivity index (χ1v) is 10.6. The number of benzene rings is 1. The number of halogens is 1. The molecule has 2 saturated heterocycles. The van der Waals surface area contributed by atoms with E-state index in [1.807, 2.05) is 4.90 Å². The first-order chi connectivity index (χ1) is 14.0. The Morgan fingerprint density at radius 3 is 2.59 bits per heavy atom. The summed E-state index contributed by atoms with van der Waals surface area (Å²) in [5.41, 5.74) is 0.126. The van der Waals surface area contributed by atoms with Crippen molar-refractivity contribution in [3.63, 3.8) is 0 Å². The average Bonchev–Trinajstić information content (AvgIpc) is 3.14. The van der Waals surface area contributed by atoms with E-state index in [9.17, 15) is 18.8 Å². The van der Waals surface area contributed by atoms with Crippen molar-refractivity contribution in [2.24, 2.45) is 5.92 Å². The minimum atomic E-state index is -0.481. The Balaban J connectivity index is 1.29. The third kappa shape index (κ3) is 6.02. The number of likely N-dealkylation sites (tertiary alicyclic amines) is 2. The van der Waals surface area contributed by atoms with E-state index in [4.69, 9.17) is 0 Å². The first-order valence-electron chi connectivity index (χ1n) is 10.6. The predicted octanol–water partition coefficient (Wildman–Crippen LogP) is 2.59. The van der Waals surface area contributed by atoms with Crippen LogP contribution >= 0.6 is 0 Å². The zero-order valence-electron chi connectivity index (χ0n) is 16.9. The van der Waals surface area contributed by atoms with Gasteiger partial charge in [-0.15, -0.1) is 0 Å². The summed E-state index contributed by atoms with van der Waals surface area (Å²) in [6, 6.07) is 6.08. The molecule has 7 heteroatoms. The maximum Gasteiger partial charge on any atom is 0.256 e. The molecule has 2 aliphatic heterocycles. The number of hydrogen-bond donors (Lipinski definition) is 1. The molecule has 0 aromatic heterocycles. The van der Waals surface area contributed by atoms with Crippen LogP contribution in [-0.2, 0) is 9.59 Å². The number of piperidine rings is 1. The van der Waals surface area contributed by atoms with Crippen LogP contribution in [0.15, 0.2) is 24.3 Å². The first kappa shape index (κ1) is 21.3. The van der Waals surface area contributed by atoms with Crippen LogP contribution in [0.1, 0.15) is 55.3 Å². The highest BCUT2D eigenvalue weighted by Crippen LogP contribution is 2.23. The molecular formula is C22H30FN3O3. The van der Waals surface area contributed by atoms with E-state index in [0.717, 1.165) is 38.6 Å². The molecule has 0 atom stereocenters. The number of hydrogen-bond acceptors (Lipinski definition) is 3. The fraction of sp³-hybridized carbons (Fsp3) is 0.591. The van der Waals surface area contributed by atoms with Crippen molar-refractivity contribution in [2.75, 3.05) is 32.7 Å². The summed E-state index contributed by atoms with van der Waals surface area (Å²) in [4.78, 5) is 39.6. The van der Waals surface area contributed by atoms with Gasteiger partial charge in [0, 0.05) is 45.6 Å². The number of rotatable bonds is 8. The lowest BCUT2D eigenvalue weighted by Gasteiger charge is -2.32. The summed E-state index contributed by atoms with van der Waals surface area (Å²) >= 11 is 0. The zero-order chi connectivity index (χ0) is 20.6. The second-order valence-corrected chi connectivity index (χ2v) is 7.94. The molecule has 1 N–H and O–H groups in total. The summed E-state index contributed by atoms with van der Waals surface area (Å²) in [7, 11) is 0. The van der Waals surface area contributed by atoms with Crippen molar-refractivity contribution >= 4 is 17.7 Å². The monoisotopic (exact) mass is 403 g/mol. The van der Waals surface area contributed by atoms with Crippen LogP contribution in [0.25, 0.3) is 0 Å². The Morgan fingerprint density at radius 1 is 1.14 bits per heavy atom. The lowest BCUT2D eigenvalue weighted by Crippen LogP contribution is -2.39. The van der Waals surface area contributed by atoms with E-state index in [1.165, 1.54) is 12.1 Å². The van der Waals surface area contributed by atoms with Crippen molar-refractivity contribution < 1.29 is 18.8 Å². The molecule has 0 radical (unpaired) electrons. The Labute approximate surface area is 171 Å². The molecular weight excluding hydrogens is 373 g/mol. The van der Waals surface area contributed by atoms with Gasteiger partial charge in [-0.1, -0.05) is 12.1 Å². The van der Waals surface area contributed by atoms with Gasteiger partial charge in [0.05, 0.1) is 5.56 Å². The van der Waals surface area contributed by atoms with Crippen LogP contribution < -0.4 is 5.32 Å². The van der Waals surface area contributed by atoms with Gasteiger partial charge in [-0.25, -0.2) is 4.39 Å². The summed E-state index contributed by atoms with van der Waals surface area (Å²) in [6.07, 6.45) is 5.34. The van der Waals surface area contributed by atoms with Gasteiger partial charge < -0.3 is 15.1 Å². The van der Waals surface area contributed by atoms with Gasteiger partial charge in [0.15, 0.2) is 0 Å². The molecule has 0 spiro atoms. The van der Waals surface area contributed by atoms with E-state index in [1.54, 1.807) is 17.0 Å². The molecule has 0 bridgehead atoms. The molecule has 3 rings (SSSR count). The highest BCUT2D eigenvalue weighted by molar-refractivity contribution is 5.94. The van der Waals surface area contributed by atoms with Gasteiger partial charge in [-0.3, -0.25) is 14.4 Å². The molecule has 2 aliphatic rings. The van der Waals surface area contributed by atoms with E-state index in [0.29, 0.717) is 44.9 Å². The average molecular weight is 403 g/mol. The van der Waals surface area contributed by atoms with Gasteiger partial charge in [0.1, 0.15) is 5.82 Å². The standard InChI is InChI=1S/C22H30FN3O3/c23-19-6-2-1-5-18(19)22(29)26-15-10-17(11-16-26)8-9-20(27)24-12-4-14-25-13-3-7-21(25)28/h1-2,5-6,17H,3-4,7-16H2,(H,24,27). The Kier molecular flexibility index (Phi) is 7.61. The normalized spacial score (nSPS) is 17.6. The number of carbonyl (C=O) groups is 3. The molecule has 2 fully saturated rings. The van der Waals surface area contributed by atoms with Crippen LogP contribution in [0.4, 0.5) is 4.39 Å². The molecule has 0 unspecified atom stereocenters. The molecule has 1 aromatic rings. The number of amides is 3. The fourth-order valence-electron chi connectivity index (χ4n) is 4.09. The van der Waals surface area contributed by atoms with Gasteiger partial charge in [-0.05, 0) is 50.2 Å². The summed E-state index contributed by atoms with van der Waals surface area (Å²) in [6.45, 7) is 3.35. The molecule has 0 saturated carbocycles. The maximum atomic E-state index is 13.8. The minimum Gasteiger partial charge on any atom is -0.356 e. The van der Waals surface area contributed by atoms with Gasteiger partial charge in [0.2, 0.25) is 11.8 Å². The third-order valence-corrected chi connectivity index (χ3v) is 5.88. The maximum absolute atomic E-state index is 13.8. The topological polar surface area (TPSA) is 69.7 Å². The van der Waals surface area contributed by atoms with Gasteiger partial charge in [0.25, 0.3) is 5.91 Å². The summed E-state index contributed by atoms with van der Waals surface area (Å²) in [5, 5.41) is 2.93. The Bertz CT molecular complexity index is 732. The van der Waals surface area contributed by atoms with E-state index < -0.39 is 5.82 Å². The Hall–Kier alpha value is -2.44. The lowest BCUT2D eigenvalue weighted by atomic mass is 9.91. The number of nitrogens with one attached hydrogen (secondary N) is 1. The quantitative estimate of drug-likeness (QED) is 0.679. The summed E-state index contributed by atoms with van der Waals surface area (Å²) < 4.78 is 13.8. The lowest BCUT2D eigenvalue weighted by molar-refractivity contribution is -0.127. The van der Waals surface area contributed by atoms with E-state index in [-0.39, 0.29) is 23.3 Å². The molecule has 6 nitrogen and oxygen atoms in total. The summed E-state index contributed by atoms with van der Waals surface area (Å²) in [5.74, 6) is -0.0624. The molecule has 29 heavy (non-hydrogen) atoms. The van der Waals surface area contributed by atoms with E-state index in [2.05, 4.69) is 5.32 Å². The van der Waals surface area contributed by atoms with Crippen molar-refractivity contribution in [1.29, 1.82) is 0 Å². The zero-order valence-corrected chi connectivity index (χ0v) is 16.9. The van der Waals surface area contributed by atoms with E-state index >= 15 is 0 Å². The highest BCUT2D eigenvalue weighted by atomic mass is 19.1. The second kappa shape index (κ2) is 10.4.